The molecule has 3 aromatic rings. The molecule has 0 saturated heterocycles. The largest absolute Gasteiger partial charge is 0.497 e. The quantitative estimate of drug-likeness (QED) is 0.607. The van der Waals surface area contributed by atoms with Crippen molar-refractivity contribution < 1.29 is 18.8 Å². The Hall–Kier alpha value is -3.35. The molecule has 7 nitrogen and oxygen atoms in total. The lowest BCUT2D eigenvalue weighted by Crippen LogP contribution is -2.31. The van der Waals surface area contributed by atoms with Crippen LogP contribution in [0.2, 0.25) is 0 Å². The lowest BCUT2D eigenvalue weighted by atomic mass is 10.1. The first-order valence-corrected chi connectivity index (χ1v) is 9.29. The van der Waals surface area contributed by atoms with Gasteiger partial charge in [-0.25, -0.2) is 0 Å². The van der Waals surface area contributed by atoms with Gasteiger partial charge in [0.2, 0.25) is 11.7 Å². The first kappa shape index (κ1) is 20.4. The van der Waals surface area contributed by atoms with Crippen LogP contribution in [0.1, 0.15) is 22.6 Å². The predicted octanol–water partition coefficient (Wildman–Crippen LogP) is 3.71. The smallest absolute Gasteiger partial charge is 0.260 e. The lowest BCUT2D eigenvalue weighted by molar-refractivity contribution is -0.132. The van der Waals surface area contributed by atoms with Gasteiger partial charge in [0.15, 0.2) is 6.61 Å². The molecule has 0 fully saturated rings. The number of amides is 1. The third-order valence-corrected chi connectivity index (χ3v) is 4.71. The molecule has 0 unspecified atom stereocenters. The van der Waals surface area contributed by atoms with Crippen molar-refractivity contribution in [2.24, 2.45) is 0 Å². The molecule has 0 aliphatic rings. The SMILES string of the molecule is COc1cccc(-c2noc(CN(C)C(=O)COc3cc(C)cc(C)c3C)n2)c1. The van der Waals surface area contributed by atoms with Crippen molar-refractivity contribution in [3.8, 4) is 22.9 Å². The van der Waals surface area contributed by atoms with Crippen LogP contribution >= 0.6 is 0 Å². The number of carbonyl (C=O) groups excluding carboxylic acids is 1. The van der Waals surface area contributed by atoms with Gasteiger partial charge in [-0.05, 0) is 55.7 Å². The van der Waals surface area contributed by atoms with E-state index in [1.54, 1.807) is 14.2 Å². The number of aryl methyl sites for hydroxylation is 2. The van der Waals surface area contributed by atoms with Crippen LogP contribution in [0.15, 0.2) is 40.9 Å². The van der Waals surface area contributed by atoms with Crippen LogP contribution in [0.5, 0.6) is 11.5 Å². The van der Waals surface area contributed by atoms with E-state index in [0.29, 0.717) is 17.5 Å². The highest BCUT2D eigenvalue weighted by Crippen LogP contribution is 2.24. The summed E-state index contributed by atoms with van der Waals surface area (Å²) in [4.78, 5) is 18.3. The van der Waals surface area contributed by atoms with E-state index >= 15 is 0 Å². The maximum absolute atomic E-state index is 12.5. The molecule has 1 aromatic heterocycles. The van der Waals surface area contributed by atoms with Gasteiger partial charge >= 0.3 is 0 Å². The van der Waals surface area contributed by atoms with Gasteiger partial charge in [-0.3, -0.25) is 4.79 Å². The summed E-state index contributed by atoms with van der Waals surface area (Å²) in [6, 6.07) is 11.4. The molecule has 0 radical (unpaired) electrons. The fraction of sp³-hybridized carbons (Fsp3) is 0.318. The summed E-state index contributed by atoms with van der Waals surface area (Å²) >= 11 is 0. The molecule has 7 heteroatoms. The Balaban J connectivity index is 1.61. The summed E-state index contributed by atoms with van der Waals surface area (Å²) in [6.45, 7) is 6.15. The highest BCUT2D eigenvalue weighted by Gasteiger charge is 2.16. The third-order valence-electron chi connectivity index (χ3n) is 4.71. The minimum absolute atomic E-state index is 0.0584. The zero-order valence-electron chi connectivity index (χ0n) is 17.4. The molecule has 2 aromatic carbocycles. The Bertz CT molecular complexity index is 1010. The maximum Gasteiger partial charge on any atom is 0.260 e. The van der Waals surface area contributed by atoms with E-state index in [0.717, 1.165) is 28.0 Å². The molecule has 0 aliphatic carbocycles. The summed E-state index contributed by atoms with van der Waals surface area (Å²) in [7, 11) is 3.28. The van der Waals surface area contributed by atoms with Crippen molar-refractivity contribution in [2.45, 2.75) is 27.3 Å². The topological polar surface area (TPSA) is 77.7 Å². The second-order valence-corrected chi connectivity index (χ2v) is 6.99. The highest BCUT2D eigenvalue weighted by molar-refractivity contribution is 5.77. The fourth-order valence-electron chi connectivity index (χ4n) is 2.89. The maximum atomic E-state index is 12.5. The van der Waals surface area contributed by atoms with E-state index in [2.05, 4.69) is 16.2 Å². The van der Waals surface area contributed by atoms with Crippen LogP contribution in [-0.2, 0) is 11.3 Å². The van der Waals surface area contributed by atoms with Crippen LogP contribution in [0, 0.1) is 20.8 Å². The Morgan fingerprint density at radius 2 is 1.97 bits per heavy atom. The van der Waals surface area contributed by atoms with Gasteiger partial charge in [-0.2, -0.15) is 4.98 Å². The molecule has 0 bridgehead atoms. The van der Waals surface area contributed by atoms with Crippen molar-refractivity contribution in [1.29, 1.82) is 0 Å². The van der Waals surface area contributed by atoms with Gasteiger partial charge in [0.25, 0.3) is 5.91 Å². The first-order chi connectivity index (χ1) is 13.9. The molecule has 1 heterocycles. The summed E-state index contributed by atoms with van der Waals surface area (Å²) in [5, 5.41) is 3.99. The number of nitrogens with zero attached hydrogens (tertiary/aromatic N) is 3. The van der Waals surface area contributed by atoms with Crippen LogP contribution in [0.4, 0.5) is 0 Å². The third kappa shape index (κ3) is 4.93. The predicted molar refractivity (Wildman–Crippen MR) is 109 cm³/mol. The van der Waals surface area contributed by atoms with E-state index in [1.165, 1.54) is 4.90 Å². The Morgan fingerprint density at radius 3 is 2.72 bits per heavy atom. The second kappa shape index (κ2) is 8.77. The van der Waals surface area contributed by atoms with Crippen molar-refractivity contribution in [3.05, 3.63) is 59.0 Å². The minimum atomic E-state index is -0.176. The molecular weight excluding hydrogens is 370 g/mol. The van der Waals surface area contributed by atoms with Gasteiger partial charge in [0.1, 0.15) is 11.5 Å². The first-order valence-electron chi connectivity index (χ1n) is 9.29. The zero-order valence-corrected chi connectivity index (χ0v) is 17.4. The summed E-state index contributed by atoms with van der Waals surface area (Å²) in [5.41, 5.74) is 4.05. The van der Waals surface area contributed by atoms with Gasteiger partial charge in [0.05, 0.1) is 13.7 Å². The molecule has 152 valence electrons. The van der Waals surface area contributed by atoms with E-state index in [9.17, 15) is 4.79 Å². The fourth-order valence-corrected chi connectivity index (χ4v) is 2.89. The number of carbonyl (C=O) groups is 1. The summed E-state index contributed by atoms with van der Waals surface area (Å²) < 4.78 is 16.3. The van der Waals surface area contributed by atoms with Crippen LogP contribution in [0.3, 0.4) is 0 Å². The van der Waals surface area contributed by atoms with Crippen molar-refractivity contribution in [1.82, 2.24) is 15.0 Å². The molecule has 0 atom stereocenters. The van der Waals surface area contributed by atoms with Crippen LogP contribution < -0.4 is 9.47 Å². The minimum Gasteiger partial charge on any atom is -0.497 e. The number of rotatable bonds is 7. The van der Waals surface area contributed by atoms with E-state index in [-0.39, 0.29) is 19.1 Å². The zero-order chi connectivity index (χ0) is 21.0. The molecule has 1 amide bonds. The Morgan fingerprint density at radius 1 is 1.17 bits per heavy atom. The molecule has 0 saturated carbocycles. The number of methoxy groups -OCH3 is 1. The standard InChI is InChI=1S/C22H25N3O4/c1-14-9-15(2)16(3)19(10-14)28-13-21(26)25(4)12-20-23-22(24-29-20)17-7-6-8-18(11-17)27-5/h6-11H,12-13H2,1-5H3. The number of aromatic nitrogens is 2. The molecule has 0 spiro atoms. The number of ether oxygens (including phenoxy) is 2. The monoisotopic (exact) mass is 395 g/mol. The van der Waals surface area contributed by atoms with Crippen molar-refractivity contribution in [2.75, 3.05) is 20.8 Å². The Kier molecular flexibility index (Phi) is 6.16. The van der Waals surface area contributed by atoms with Crippen molar-refractivity contribution in [3.63, 3.8) is 0 Å². The second-order valence-electron chi connectivity index (χ2n) is 6.99. The normalized spacial score (nSPS) is 10.7. The van der Waals surface area contributed by atoms with Crippen LogP contribution in [-0.4, -0.2) is 41.7 Å². The molecule has 3 rings (SSSR count). The van der Waals surface area contributed by atoms with Gasteiger partial charge in [-0.1, -0.05) is 23.4 Å². The molecular formula is C22H25N3O4. The van der Waals surface area contributed by atoms with E-state index in [1.807, 2.05) is 51.1 Å². The number of benzene rings is 2. The average Bonchev–Trinajstić information content (AvgIpc) is 3.17. The highest BCUT2D eigenvalue weighted by atomic mass is 16.5. The number of likely N-dealkylation sites (N-methyl/N-ethyl adjacent to an activating group) is 1. The van der Waals surface area contributed by atoms with Crippen molar-refractivity contribution >= 4 is 5.91 Å². The van der Waals surface area contributed by atoms with Gasteiger partial charge in [-0.15, -0.1) is 0 Å². The van der Waals surface area contributed by atoms with Crippen LogP contribution in [0.25, 0.3) is 11.4 Å². The van der Waals surface area contributed by atoms with E-state index in [4.69, 9.17) is 14.0 Å². The van der Waals surface area contributed by atoms with Gasteiger partial charge < -0.3 is 18.9 Å². The summed E-state index contributed by atoms with van der Waals surface area (Å²) in [6.07, 6.45) is 0. The summed E-state index contributed by atoms with van der Waals surface area (Å²) in [5.74, 6) is 2.05. The molecule has 0 N–H and O–H groups in total. The number of hydrogen-bond donors (Lipinski definition) is 0. The molecule has 0 aliphatic heterocycles. The van der Waals surface area contributed by atoms with E-state index < -0.39 is 0 Å². The Labute approximate surface area is 170 Å². The lowest BCUT2D eigenvalue weighted by Gasteiger charge is -2.17. The number of hydrogen-bond acceptors (Lipinski definition) is 6. The van der Waals surface area contributed by atoms with Gasteiger partial charge in [0, 0.05) is 12.6 Å². The molecule has 29 heavy (non-hydrogen) atoms. The average molecular weight is 395 g/mol.